The third kappa shape index (κ3) is 5.37. The Labute approximate surface area is 207 Å². The fourth-order valence-corrected chi connectivity index (χ4v) is 5.48. The normalized spacial score (nSPS) is 26.4. The Morgan fingerprint density at radius 3 is 2.37 bits per heavy atom. The van der Waals surface area contributed by atoms with Crippen LogP contribution in [0.4, 0.5) is 5.69 Å². The summed E-state index contributed by atoms with van der Waals surface area (Å²) in [4.78, 5) is 42.2. The first-order valence-electron chi connectivity index (χ1n) is 12.5. The maximum atomic E-state index is 13.9. The number of methoxy groups -OCH3 is 1. The smallest absolute Gasteiger partial charge is 0.310 e. The number of rotatable bonds is 10. The van der Waals surface area contributed by atoms with Gasteiger partial charge in [0.15, 0.2) is 0 Å². The molecule has 0 unspecified atom stereocenters. The highest BCUT2D eigenvalue weighted by molar-refractivity contribution is 6.01. The van der Waals surface area contributed by atoms with Gasteiger partial charge in [0.2, 0.25) is 11.8 Å². The van der Waals surface area contributed by atoms with E-state index in [0.717, 1.165) is 12.8 Å². The summed E-state index contributed by atoms with van der Waals surface area (Å²) in [7, 11) is 1.57. The quantitative estimate of drug-likeness (QED) is 0.389. The summed E-state index contributed by atoms with van der Waals surface area (Å²) in [6.07, 6.45) is 5.49. The van der Waals surface area contributed by atoms with E-state index in [2.05, 4.69) is 5.32 Å². The largest absolute Gasteiger partial charge is 0.497 e. The van der Waals surface area contributed by atoms with Gasteiger partial charge in [-0.05, 0) is 49.4 Å². The molecule has 1 heterocycles. The van der Waals surface area contributed by atoms with Crippen molar-refractivity contribution < 1.29 is 29.0 Å². The van der Waals surface area contributed by atoms with Crippen molar-refractivity contribution in [3.8, 4) is 5.75 Å². The number of benzene rings is 1. The third-order valence-electron chi connectivity index (χ3n) is 7.17. The van der Waals surface area contributed by atoms with Crippen molar-refractivity contribution >= 4 is 23.5 Å². The van der Waals surface area contributed by atoms with Crippen molar-refractivity contribution in [3.63, 3.8) is 0 Å². The Bertz CT molecular complexity index is 928. The number of carbonyl (C=O) groups is 3. The zero-order valence-corrected chi connectivity index (χ0v) is 21.3. The molecule has 8 nitrogen and oxygen atoms in total. The van der Waals surface area contributed by atoms with Gasteiger partial charge in [-0.25, -0.2) is 0 Å². The molecule has 1 aliphatic carbocycles. The number of allylic oxidation sites excluding steroid dienone is 1. The number of aliphatic hydroxyl groups is 1. The molecule has 6 atom stereocenters. The van der Waals surface area contributed by atoms with Gasteiger partial charge in [-0.1, -0.05) is 39.3 Å². The molecule has 1 saturated heterocycles. The molecule has 8 heteroatoms. The molecule has 3 rings (SSSR count). The summed E-state index contributed by atoms with van der Waals surface area (Å²) < 4.78 is 10.6. The molecule has 1 aliphatic heterocycles. The molecule has 2 aliphatic rings. The first-order valence-corrected chi connectivity index (χ1v) is 12.5. The molecular weight excluding hydrogens is 448 g/mol. The van der Waals surface area contributed by atoms with Gasteiger partial charge in [-0.2, -0.15) is 0 Å². The van der Waals surface area contributed by atoms with Crippen molar-refractivity contribution in [1.29, 1.82) is 0 Å². The summed E-state index contributed by atoms with van der Waals surface area (Å²) in [5.74, 6) is -2.47. The van der Waals surface area contributed by atoms with Crippen LogP contribution in [-0.2, 0) is 19.1 Å². The Morgan fingerprint density at radius 1 is 1.14 bits per heavy atom. The lowest BCUT2D eigenvalue weighted by Gasteiger charge is -2.35. The number of anilines is 1. The van der Waals surface area contributed by atoms with Gasteiger partial charge in [0.25, 0.3) is 0 Å². The molecule has 0 radical (unpaired) electrons. The third-order valence-corrected chi connectivity index (χ3v) is 7.17. The fraction of sp³-hybridized carbons (Fsp3) is 0.593. The van der Waals surface area contributed by atoms with E-state index in [-0.39, 0.29) is 36.9 Å². The van der Waals surface area contributed by atoms with Gasteiger partial charge in [0.1, 0.15) is 11.8 Å². The predicted molar refractivity (Wildman–Crippen MR) is 133 cm³/mol. The highest BCUT2D eigenvalue weighted by atomic mass is 16.5. The molecule has 192 valence electrons. The van der Waals surface area contributed by atoms with Crippen molar-refractivity contribution in [1.82, 2.24) is 4.90 Å². The Kier molecular flexibility index (Phi) is 8.94. The van der Waals surface area contributed by atoms with E-state index in [1.807, 2.05) is 32.9 Å². The average molecular weight is 487 g/mol. The van der Waals surface area contributed by atoms with Crippen molar-refractivity contribution in [2.45, 2.75) is 52.6 Å². The van der Waals surface area contributed by atoms with Crippen LogP contribution in [0.1, 0.15) is 40.5 Å². The van der Waals surface area contributed by atoms with Crippen molar-refractivity contribution in [3.05, 3.63) is 36.4 Å². The molecule has 1 aromatic rings. The number of carbonyl (C=O) groups excluding carboxylic acids is 3. The van der Waals surface area contributed by atoms with E-state index in [9.17, 15) is 19.5 Å². The van der Waals surface area contributed by atoms with Crippen molar-refractivity contribution in [2.75, 3.05) is 25.6 Å². The van der Waals surface area contributed by atoms with Crippen LogP contribution in [0.2, 0.25) is 0 Å². The number of nitrogens with zero attached hydrogens (tertiary/aromatic N) is 1. The molecule has 1 aromatic carbocycles. The Balaban J connectivity index is 2.03. The summed E-state index contributed by atoms with van der Waals surface area (Å²) in [6, 6.07) is 5.54. The molecule has 0 spiro atoms. The van der Waals surface area contributed by atoms with Gasteiger partial charge < -0.3 is 24.8 Å². The van der Waals surface area contributed by atoms with Gasteiger partial charge in [-0.3, -0.25) is 14.4 Å². The number of esters is 1. The first-order chi connectivity index (χ1) is 16.8. The second kappa shape index (κ2) is 11.7. The zero-order valence-electron chi connectivity index (χ0n) is 21.3. The number of hydrogen-bond donors (Lipinski definition) is 2. The first kappa shape index (κ1) is 26.7. The van der Waals surface area contributed by atoms with Crippen LogP contribution >= 0.6 is 0 Å². The average Bonchev–Trinajstić information content (AvgIpc) is 3.12. The van der Waals surface area contributed by atoms with E-state index in [0.29, 0.717) is 11.4 Å². The van der Waals surface area contributed by atoms with Gasteiger partial charge >= 0.3 is 5.97 Å². The molecule has 0 saturated carbocycles. The summed E-state index contributed by atoms with van der Waals surface area (Å²) in [5, 5.41) is 13.1. The molecular formula is C27H38N2O6. The molecule has 2 N–H and O–H groups in total. The predicted octanol–water partition coefficient (Wildman–Crippen LogP) is 3.26. The lowest BCUT2D eigenvalue weighted by molar-refractivity contribution is -0.156. The van der Waals surface area contributed by atoms with Crippen molar-refractivity contribution in [2.24, 2.45) is 29.6 Å². The minimum atomic E-state index is -0.857. The second-order valence-electron chi connectivity index (χ2n) is 9.62. The lowest BCUT2D eigenvalue weighted by atomic mass is 9.69. The number of amides is 2. The van der Waals surface area contributed by atoms with Crippen LogP contribution in [0.25, 0.3) is 0 Å². The maximum absolute atomic E-state index is 13.9. The zero-order chi connectivity index (χ0) is 25.7. The maximum Gasteiger partial charge on any atom is 0.310 e. The minimum Gasteiger partial charge on any atom is -0.497 e. The standard InChI is InChI=1S/C27H38N2O6/c1-6-8-17-9-14-20-23(22(17)27(33)35-7-2)26(32)29(21(15-30)16(3)4)24(20)25(31)28-18-10-12-19(34-5)13-11-18/h9-14,16-17,20-24,30H,6-8,15H2,1-5H3,(H,28,31)/t17-,20+,21+,22-,23-,24+/m1/s1. The summed E-state index contributed by atoms with van der Waals surface area (Å²) in [5.41, 5.74) is 0.572. The van der Waals surface area contributed by atoms with Crippen LogP contribution in [0, 0.1) is 29.6 Å². The number of fused-ring (bicyclic) bond motifs is 1. The second-order valence-corrected chi connectivity index (χ2v) is 9.62. The summed E-state index contributed by atoms with van der Waals surface area (Å²) in [6.45, 7) is 7.55. The fourth-order valence-electron chi connectivity index (χ4n) is 5.48. The van der Waals surface area contributed by atoms with E-state index in [1.165, 1.54) is 4.90 Å². The van der Waals surface area contributed by atoms with E-state index >= 15 is 0 Å². The van der Waals surface area contributed by atoms with Crippen LogP contribution < -0.4 is 10.1 Å². The number of hydrogen-bond acceptors (Lipinski definition) is 6. The lowest BCUT2D eigenvalue weighted by Crippen LogP contribution is -2.52. The summed E-state index contributed by atoms with van der Waals surface area (Å²) >= 11 is 0. The molecule has 2 amide bonds. The Morgan fingerprint density at radius 2 is 1.83 bits per heavy atom. The van der Waals surface area contributed by atoms with Crippen LogP contribution in [0.15, 0.2) is 36.4 Å². The van der Waals surface area contributed by atoms with E-state index in [4.69, 9.17) is 9.47 Å². The Hall–Kier alpha value is -2.87. The molecule has 0 bridgehead atoms. The highest BCUT2D eigenvalue weighted by Gasteiger charge is 2.59. The number of ether oxygens (including phenoxy) is 2. The van der Waals surface area contributed by atoms with E-state index in [1.54, 1.807) is 38.3 Å². The monoisotopic (exact) mass is 486 g/mol. The van der Waals surface area contributed by atoms with Gasteiger partial charge in [-0.15, -0.1) is 0 Å². The van der Waals surface area contributed by atoms with Gasteiger partial charge in [0, 0.05) is 11.6 Å². The van der Waals surface area contributed by atoms with Gasteiger partial charge in [0.05, 0.1) is 38.2 Å². The highest BCUT2D eigenvalue weighted by Crippen LogP contribution is 2.47. The minimum absolute atomic E-state index is 0.0862. The van der Waals surface area contributed by atoms with Crippen LogP contribution in [0.3, 0.4) is 0 Å². The molecule has 35 heavy (non-hydrogen) atoms. The number of likely N-dealkylation sites (tertiary alicyclic amines) is 1. The number of aliphatic hydroxyl groups excluding tert-OH is 1. The molecule has 0 aromatic heterocycles. The molecule has 1 fully saturated rings. The number of nitrogens with one attached hydrogen (secondary N) is 1. The SMILES string of the molecule is CCC[C@@H]1C=C[C@H]2[C@@H](C(=O)N([C@@H](CO)C(C)C)[C@@H]2C(=O)Nc2ccc(OC)cc2)[C@@H]1C(=O)OCC. The van der Waals surface area contributed by atoms with Crippen LogP contribution in [-0.4, -0.2) is 60.2 Å². The van der Waals surface area contributed by atoms with E-state index < -0.39 is 35.8 Å². The topological polar surface area (TPSA) is 105 Å². The van der Waals surface area contributed by atoms with Crippen LogP contribution in [0.5, 0.6) is 5.75 Å².